The van der Waals surface area contributed by atoms with Gasteiger partial charge in [-0.2, -0.15) is 0 Å². The van der Waals surface area contributed by atoms with Gasteiger partial charge in [0.05, 0.1) is 25.4 Å². The van der Waals surface area contributed by atoms with Gasteiger partial charge in [0.1, 0.15) is 0 Å². The van der Waals surface area contributed by atoms with Gasteiger partial charge < -0.3 is 20.3 Å². The van der Waals surface area contributed by atoms with Crippen LogP contribution in [0.25, 0.3) is 0 Å². The van der Waals surface area contributed by atoms with Crippen LogP contribution in [0.4, 0.5) is 0 Å². The molecule has 0 aromatic carbocycles. The number of aliphatic hydroxyl groups excluding tert-OH is 2. The Morgan fingerprint density at radius 2 is 0.836 bits per heavy atom. The van der Waals surface area contributed by atoms with Crippen molar-refractivity contribution < 1.29 is 24.5 Å². The van der Waals surface area contributed by atoms with Gasteiger partial charge in [0.15, 0.2) is 0 Å². The predicted molar refractivity (Wildman–Crippen MR) is 237 cm³/mol. The molecule has 6 heteroatoms. The van der Waals surface area contributed by atoms with Crippen molar-refractivity contribution in [3.05, 3.63) is 12.2 Å². The number of esters is 1. The lowest BCUT2D eigenvalue weighted by molar-refractivity contribution is -0.143. The van der Waals surface area contributed by atoms with Crippen molar-refractivity contribution >= 4 is 11.9 Å². The Balaban J connectivity index is 3.45. The van der Waals surface area contributed by atoms with E-state index in [4.69, 9.17) is 4.74 Å². The van der Waals surface area contributed by atoms with Crippen LogP contribution in [0.2, 0.25) is 0 Å². The molecule has 326 valence electrons. The summed E-state index contributed by atoms with van der Waals surface area (Å²) >= 11 is 0. The van der Waals surface area contributed by atoms with E-state index in [0.717, 1.165) is 57.8 Å². The molecule has 6 nitrogen and oxygen atoms in total. The molecule has 0 heterocycles. The van der Waals surface area contributed by atoms with Gasteiger partial charge in [-0.1, -0.05) is 231 Å². The van der Waals surface area contributed by atoms with Gasteiger partial charge in [0.2, 0.25) is 5.91 Å². The molecule has 0 rings (SSSR count). The Hall–Kier alpha value is -1.40. The third-order valence-corrected chi connectivity index (χ3v) is 11.3. The minimum Gasteiger partial charge on any atom is -0.466 e. The third-order valence-electron chi connectivity index (χ3n) is 11.3. The van der Waals surface area contributed by atoms with E-state index in [1.807, 2.05) is 6.08 Å². The standard InChI is InChI=1S/C49H95NO5/c1-3-5-7-9-11-13-15-16-17-18-19-20-23-27-31-35-39-43-49(54)55-44-40-36-32-28-24-21-22-26-30-34-38-42-48(53)50-46(45-51)47(52)41-37-33-29-25-14-12-10-8-6-4-2/h37,41,46-47,51-52H,3-36,38-40,42-45H2,1-2H3,(H,50,53)/b41-37+. The van der Waals surface area contributed by atoms with Crippen molar-refractivity contribution in [2.24, 2.45) is 0 Å². The van der Waals surface area contributed by atoms with E-state index >= 15 is 0 Å². The molecule has 2 atom stereocenters. The summed E-state index contributed by atoms with van der Waals surface area (Å²) in [4.78, 5) is 24.4. The highest BCUT2D eigenvalue weighted by Gasteiger charge is 2.18. The van der Waals surface area contributed by atoms with E-state index in [9.17, 15) is 19.8 Å². The summed E-state index contributed by atoms with van der Waals surface area (Å²) in [5.74, 6) is -0.100. The number of nitrogens with one attached hydrogen (secondary N) is 1. The molecule has 3 N–H and O–H groups in total. The molecule has 0 fully saturated rings. The highest BCUT2D eigenvalue weighted by molar-refractivity contribution is 5.76. The summed E-state index contributed by atoms with van der Waals surface area (Å²) in [7, 11) is 0. The first kappa shape index (κ1) is 53.6. The molecule has 0 spiro atoms. The molecular formula is C49H95NO5. The maximum absolute atomic E-state index is 12.4. The second kappa shape index (κ2) is 45.3. The van der Waals surface area contributed by atoms with E-state index in [0.29, 0.717) is 19.4 Å². The molecule has 55 heavy (non-hydrogen) atoms. The zero-order valence-corrected chi connectivity index (χ0v) is 36.9. The van der Waals surface area contributed by atoms with Crippen molar-refractivity contribution in [2.75, 3.05) is 13.2 Å². The molecule has 0 aliphatic rings. The lowest BCUT2D eigenvalue weighted by Crippen LogP contribution is -2.45. The smallest absolute Gasteiger partial charge is 0.305 e. The average Bonchev–Trinajstić information content (AvgIpc) is 3.18. The first-order valence-electron chi connectivity index (χ1n) is 24.5. The SMILES string of the molecule is CCCCCCCCCC/C=C/C(O)C(CO)NC(=O)CCCCCCCCCCCCCOC(=O)CCCCCCCCCCCCCCCCCCC. The van der Waals surface area contributed by atoms with Crippen LogP contribution in [-0.2, 0) is 14.3 Å². The van der Waals surface area contributed by atoms with Crippen LogP contribution in [0.3, 0.4) is 0 Å². The number of ether oxygens (including phenoxy) is 1. The summed E-state index contributed by atoms with van der Waals surface area (Å²) in [6, 6.07) is -0.638. The number of hydrogen-bond acceptors (Lipinski definition) is 5. The maximum Gasteiger partial charge on any atom is 0.305 e. The van der Waals surface area contributed by atoms with Gasteiger partial charge >= 0.3 is 5.97 Å². The summed E-state index contributed by atoms with van der Waals surface area (Å²) in [5.41, 5.74) is 0. The fraction of sp³-hybridized carbons (Fsp3) is 0.918. The van der Waals surface area contributed by atoms with Gasteiger partial charge in [-0.3, -0.25) is 9.59 Å². The van der Waals surface area contributed by atoms with E-state index in [1.165, 1.54) is 180 Å². The van der Waals surface area contributed by atoms with E-state index in [2.05, 4.69) is 19.2 Å². The third kappa shape index (κ3) is 42.0. The molecular weight excluding hydrogens is 683 g/mol. The molecule has 0 aliphatic heterocycles. The highest BCUT2D eigenvalue weighted by Crippen LogP contribution is 2.16. The highest BCUT2D eigenvalue weighted by atomic mass is 16.5. The summed E-state index contributed by atoms with van der Waals surface area (Å²) in [5, 5.41) is 22.9. The second-order valence-corrected chi connectivity index (χ2v) is 16.8. The Bertz CT molecular complexity index is 817. The van der Waals surface area contributed by atoms with Crippen molar-refractivity contribution in [3.63, 3.8) is 0 Å². The van der Waals surface area contributed by atoms with Crippen LogP contribution in [0, 0.1) is 0 Å². The predicted octanol–water partition coefficient (Wildman–Crippen LogP) is 14.2. The molecule has 0 aromatic rings. The van der Waals surface area contributed by atoms with E-state index < -0.39 is 12.1 Å². The van der Waals surface area contributed by atoms with Crippen molar-refractivity contribution in [3.8, 4) is 0 Å². The number of rotatable bonds is 45. The van der Waals surface area contributed by atoms with Gasteiger partial charge in [0.25, 0.3) is 0 Å². The number of amides is 1. The van der Waals surface area contributed by atoms with Crippen LogP contribution in [0.1, 0.15) is 264 Å². The number of carbonyl (C=O) groups is 2. The summed E-state index contributed by atoms with van der Waals surface area (Å²) in [6.45, 7) is 4.84. The van der Waals surface area contributed by atoms with Gasteiger partial charge in [-0.25, -0.2) is 0 Å². The fourth-order valence-corrected chi connectivity index (χ4v) is 7.51. The Kier molecular flexibility index (Phi) is 44.2. The Labute approximate surface area is 342 Å². The topological polar surface area (TPSA) is 95.9 Å². The monoisotopic (exact) mass is 778 g/mol. The lowest BCUT2D eigenvalue weighted by atomic mass is 10.0. The Morgan fingerprint density at radius 3 is 1.24 bits per heavy atom. The molecule has 0 aromatic heterocycles. The van der Waals surface area contributed by atoms with Crippen molar-refractivity contribution in [1.82, 2.24) is 5.32 Å². The zero-order chi connectivity index (χ0) is 40.1. The number of allylic oxidation sites excluding steroid dienone is 1. The quantitative estimate of drug-likeness (QED) is 0.0325. The minimum atomic E-state index is -0.853. The fourth-order valence-electron chi connectivity index (χ4n) is 7.51. The minimum absolute atomic E-state index is 0.0121. The molecule has 1 amide bonds. The summed E-state index contributed by atoms with van der Waals surface area (Å²) in [6.07, 6.45) is 50.6. The molecule has 0 radical (unpaired) electrons. The number of unbranched alkanes of at least 4 members (excludes halogenated alkanes) is 34. The zero-order valence-electron chi connectivity index (χ0n) is 36.9. The van der Waals surface area contributed by atoms with Gasteiger partial charge in [-0.05, 0) is 32.1 Å². The number of aliphatic hydroxyl groups is 2. The van der Waals surface area contributed by atoms with Crippen LogP contribution < -0.4 is 5.32 Å². The lowest BCUT2D eigenvalue weighted by Gasteiger charge is -2.20. The molecule has 0 bridgehead atoms. The molecule has 2 unspecified atom stereocenters. The Morgan fingerprint density at radius 1 is 0.491 bits per heavy atom. The first-order chi connectivity index (χ1) is 27.0. The van der Waals surface area contributed by atoms with Gasteiger partial charge in [0, 0.05) is 12.8 Å². The van der Waals surface area contributed by atoms with Crippen LogP contribution in [0.5, 0.6) is 0 Å². The maximum atomic E-state index is 12.4. The first-order valence-corrected chi connectivity index (χ1v) is 24.5. The van der Waals surface area contributed by atoms with E-state index in [1.54, 1.807) is 6.08 Å². The second-order valence-electron chi connectivity index (χ2n) is 16.8. The molecule has 0 saturated heterocycles. The van der Waals surface area contributed by atoms with Crippen molar-refractivity contribution in [2.45, 2.75) is 276 Å². The van der Waals surface area contributed by atoms with Crippen LogP contribution >= 0.6 is 0 Å². The molecule has 0 saturated carbocycles. The van der Waals surface area contributed by atoms with Gasteiger partial charge in [-0.15, -0.1) is 0 Å². The average molecular weight is 778 g/mol. The van der Waals surface area contributed by atoms with Crippen molar-refractivity contribution in [1.29, 1.82) is 0 Å². The van der Waals surface area contributed by atoms with Crippen LogP contribution in [0.15, 0.2) is 12.2 Å². The number of carbonyl (C=O) groups excluding carboxylic acids is 2. The van der Waals surface area contributed by atoms with E-state index in [-0.39, 0.29) is 18.5 Å². The largest absolute Gasteiger partial charge is 0.466 e. The normalized spacial score (nSPS) is 12.7. The van der Waals surface area contributed by atoms with Crippen LogP contribution in [-0.4, -0.2) is 47.4 Å². The summed E-state index contributed by atoms with van der Waals surface area (Å²) < 4.78 is 5.46. The number of hydrogen-bond donors (Lipinski definition) is 3. The molecule has 0 aliphatic carbocycles.